The molecular formula is C18H20O3. The Balaban J connectivity index is 1.74. The summed E-state index contributed by atoms with van der Waals surface area (Å²) >= 11 is 0. The van der Waals surface area contributed by atoms with Gasteiger partial charge in [-0.05, 0) is 29.2 Å². The highest BCUT2D eigenvalue weighted by atomic mass is 16.7. The molecule has 1 aliphatic carbocycles. The molecule has 0 heterocycles. The third-order valence-corrected chi connectivity index (χ3v) is 4.15. The molecule has 0 spiro atoms. The third-order valence-electron chi connectivity index (χ3n) is 4.15. The summed E-state index contributed by atoms with van der Waals surface area (Å²) < 4.78 is 5.35. The van der Waals surface area contributed by atoms with Crippen LogP contribution in [0.3, 0.4) is 0 Å². The Labute approximate surface area is 124 Å². The lowest BCUT2D eigenvalue weighted by Gasteiger charge is -2.31. The van der Waals surface area contributed by atoms with Crippen molar-refractivity contribution in [3.05, 3.63) is 48.0 Å². The predicted molar refractivity (Wildman–Crippen MR) is 81.8 cm³/mol. The second kappa shape index (κ2) is 5.86. The van der Waals surface area contributed by atoms with Crippen molar-refractivity contribution in [3.8, 4) is 0 Å². The van der Waals surface area contributed by atoms with Crippen LogP contribution in [0.5, 0.6) is 0 Å². The van der Waals surface area contributed by atoms with E-state index in [4.69, 9.17) is 4.74 Å². The number of fused-ring (bicyclic) bond motifs is 1. The normalized spacial score (nSPS) is 17.6. The molecule has 3 nitrogen and oxygen atoms in total. The van der Waals surface area contributed by atoms with Gasteiger partial charge in [-0.3, -0.25) is 4.79 Å². The Bertz CT molecular complexity index is 636. The molecular weight excluding hydrogens is 264 g/mol. The van der Waals surface area contributed by atoms with Crippen molar-refractivity contribution in [1.82, 2.24) is 0 Å². The molecule has 0 aromatic heterocycles. The minimum absolute atomic E-state index is 0.198. The first kappa shape index (κ1) is 14.1. The van der Waals surface area contributed by atoms with E-state index >= 15 is 0 Å². The van der Waals surface area contributed by atoms with Gasteiger partial charge in [0.2, 0.25) is 5.79 Å². The Kier molecular flexibility index (Phi) is 3.93. The van der Waals surface area contributed by atoms with Gasteiger partial charge in [0.15, 0.2) is 0 Å². The number of aliphatic hydroxyl groups is 1. The Morgan fingerprint density at radius 2 is 1.76 bits per heavy atom. The molecule has 21 heavy (non-hydrogen) atoms. The van der Waals surface area contributed by atoms with Crippen molar-refractivity contribution >= 4 is 16.7 Å². The molecule has 1 saturated carbocycles. The molecule has 0 amide bonds. The van der Waals surface area contributed by atoms with Crippen LogP contribution in [0.25, 0.3) is 10.8 Å². The van der Waals surface area contributed by atoms with E-state index in [1.807, 2.05) is 42.5 Å². The fourth-order valence-corrected chi connectivity index (χ4v) is 3.06. The average Bonchev–Trinajstić information content (AvgIpc) is 2.48. The van der Waals surface area contributed by atoms with E-state index in [2.05, 4.69) is 0 Å². The van der Waals surface area contributed by atoms with Gasteiger partial charge in [-0.15, -0.1) is 0 Å². The van der Waals surface area contributed by atoms with Gasteiger partial charge in [0.25, 0.3) is 0 Å². The minimum atomic E-state index is -1.25. The van der Waals surface area contributed by atoms with Crippen molar-refractivity contribution in [2.45, 2.75) is 44.3 Å². The van der Waals surface area contributed by atoms with Crippen LogP contribution in [0.4, 0.5) is 0 Å². The van der Waals surface area contributed by atoms with Gasteiger partial charge in [0.05, 0.1) is 6.42 Å². The lowest BCUT2D eigenvalue weighted by molar-refractivity contribution is -0.219. The maximum absolute atomic E-state index is 12.1. The monoisotopic (exact) mass is 284 g/mol. The fourth-order valence-electron chi connectivity index (χ4n) is 3.06. The molecule has 0 atom stereocenters. The molecule has 3 heteroatoms. The smallest absolute Gasteiger partial charge is 0.312 e. The summed E-state index contributed by atoms with van der Waals surface area (Å²) in [5.74, 6) is -1.60. The minimum Gasteiger partial charge on any atom is -0.433 e. The molecule has 1 fully saturated rings. The van der Waals surface area contributed by atoms with Gasteiger partial charge >= 0.3 is 5.97 Å². The van der Waals surface area contributed by atoms with Gasteiger partial charge < -0.3 is 9.84 Å². The zero-order chi connectivity index (χ0) is 14.7. The molecule has 0 unspecified atom stereocenters. The summed E-state index contributed by atoms with van der Waals surface area (Å²) in [6.07, 6.45) is 4.23. The summed E-state index contributed by atoms with van der Waals surface area (Å²) in [4.78, 5) is 12.1. The van der Waals surface area contributed by atoms with Gasteiger partial charge in [-0.25, -0.2) is 0 Å². The molecule has 110 valence electrons. The number of benzene rings is 2. The SMILES string of the molecule is O=C(Cc1cccc2ccccc12)OC1(O)CCCCC1. The second-order valence-electron chi connectivity index (χ2n) is 5.80. The number of carbonyl (C=O) groups is 1. The van der Waals surface area contributed by atoms with Crippen molar-refractivity contribution in [2.75, 3.05) is 0 Å². The van der Waals surface area contributed by atoms with Crippen LogP contribution in [0, 0.1) is 0 Å². The molecule has 1 N–H and O–H groups in total. The van der Waals surface area contributed by atoms with E-state index in [1.165, 1.54) is 0 Å². The third kappa shape index (κ3) is 3.24. The Hall–Kier alpha value is -1.87. The summed E-state index contributed by atoms with van der Waals surface area (Å²) in [7, 11) is 0. The number of rotatable bonds is 3. The largest absolute Gasteiger partial charge is 0.433 e. The van der Waals surface area contributed by atoms with Gasteiger partial charge in [-0.1, -0.05) is 48.9 Å². The maximum atomic E-state index is 12.1. The first-order valence-electron chi connectivity index (χ1n) is 7.57. The maximum Gasteiger partial charge on any atom is 0.312 e. The number of esters is 1. The highest BCUT2D eigenvalue weighted by molar-refractivity contribution is 5.89. The van der Waals surface area contributed by atoms with Crippen LogP contribution >= 0.6 is 0 Å². The Morgan fingerprint density at radius 3 is 2.57 bits per heavy atom. The van der Waals surface area contributed by atoms with E-state index in [9.17, 15) is 9.90 Å². The van der Waals surface area contributed by atoms with Gasteiger partial charge in [0, 0.05) is 12.8 Å². The molecule has 0 saturated heterocycles. The Morgan fingerprint density at radius 1 is 1.05 bits per heavy atom. The van der Waals surface area contributed by atoms with Crippen molar-refractivity contribution < 1.29 is 14.6 Å². The lowest BCUT2D eigenvalue weighted by atomic mass is 9.94. The van der Waals surface area contributed by atoms with E-state index < -0.39 is 5.79 Å². The van der Waals surface area contributed by atoms with Crippen LogP contribution in [0.15, 0.2) is 42.5 Å². The molecule has 1 aliphatic rings. The lowest BCUT2D eigenvalue weighted by Crippen LogP contribution is -2.37. The van der Waals surface area contributed by atoms with Crippen LogP contribution in [0.2, 0.25) is 0 Å². The molecule has 0 aliphatic heterocycles. The summed E-state index contributed by atoms with van der Waals surface area (Å²) in [5, 5.41) is 12.5. The molecule has 2 aromatic carbocycles. The number of hydrogen-bond acceptors (Lipinski definition) is 3. The molecule has 0 bridgehead atoms. The number of carbonyl (C=O) groups excluding carboxylic acids is 1. The summed E-state index contributed by atoms with van der Waals surface area (Å²) in [6, 6.07) is 13.9. The van der Waals surface area contributed by atoms with Crippen LogP contribution < -0.4 is 0 Å². The quantitative estimate of drug-likeness (QED) is 0.692. The fraction of sp³-hybridized carbons (Fsp3) is 0.389. The van der Waals surface area contributed by atoms with Crippen LogP contribution in [-0.2, 0) is 16.0 Å². The summed E-state index contributed by atoms with van der Waals surface area (Å²) in [6.45, 7) is 0. The van der Waals surface area contributed by atoms with Crippen LogP contribution in [-0.4, -0.2) is 16.9 Å². The van der Waals surface area contributed by atoms with Crippen molar-refractivity contribution in [3.63, 3.8) is 0 Å². The zero-order valence-corrected chi connectivity index (χ0v) is 12.0. The van der Waals surface area contributed by atoms with Crippen molar-refractivity contribution in [1.29, 1.82) is 0 Å². The highest BCUT2D eigenvalue weighted by Crippen LogP contribution is 2.29. The number of ether oxygens (including phenoxy) is 1. The summed E-state index contributed by atoms with van der Waals surface area (Å²) in [5.41, 5.74) is 0.942. The second-order valence-corrected chi connectivity index (χ2v) is 5.80. The zero-order valence-electron chi connectivity index (χ0n) is 12.0. The first-order valence-corrected chi connectivity index (χ1v) is 7.57. The standard InChI is InChI=1S/C18H20O3/c19-17(21-18(20)11-4-1-5-12-18)13-15-9-6-8-14-7-2-3-10-16(14)15/h2-3,6-10,20H,1,4-5,11-13H2. The molecule has 0 radical (unpaired) electrons. The van der Waals surface area contributed by atoms with E-state index in [-0.39, 0.29) is 12.4 Å². The first-order chi connectivity index (χ1) is 10.2. The average molecular weight is 284 g/mol. The number of hydrogen-bond donors (Lipinski definition) is 1. The molecule has 2 aromatic rings. The van der Waals surface area contributed by atoms with Gasteiger partial charge in [-0.2, -0.15) is 0 Å². The topological polar surface area (TPSA) is 46.5 Å². The highest BCUT2D eigenvalue weighted by Gasteiger charge is 2.33. The van der Waals surface area contributed by atoms with E-state index in [1.54, 1.807) is 0 Å². The van der Waals surface area contributed by atoms with E-state index in [0.717, 1.165) is 35.6 Å². The molecule has 3 rings (SSSR count). The predicted octanol–water partition coefficient (Wildman–Crippen LogP) is 3.58. The van der Waals surface area contributed by atoms with Gasteiger partial charge in [0.1, 0.15) is 0 Å². The van der Waals surface area contributed by atoms with Crippen molar-refractivity contribution in [2.24, 2.45) is 0 Å². The van der Waals surface area contributed by atoms with E-state index in [0.29, 0.717) is 12.8 Å². The van der Waals surface area contributed by atoms with Crippen LogP contribution in [0.1, 0.15) is 37.7 Å².